The van der Waals surface area contributed by atoms with Crippen molar-refractivity contribution in [3.05, 3.63) is 41.6 Å². The van der Waals surface area contributed by atoms with Gasteiger partial charge in [-0.2, -0.15) is 0 Å². The topological polar surface area (TPSA) is 59.2 Å². The molecule has 0 unspecified atom stereocenters. The molecule has 112 valence electrons. The van der Waals surface area contributed by atoms with Crippen LogP contribution in [0.2, 0.25) is 0 Å². The smallest absolute Gasteiger partial charge is 0.254 e. The molecule has 21 heavy (non-hydrogen) atoms. The molecule has 0 aliphatic heterocycles. The Morgan fingerprint density at radius 2 is 2.05 bits per heavy atom. The van der Waals surface area contributed by atoms with Crippen molar-refractivity contribution in [3.8, 4) is 0 Å². The van der Waals surface area contributed by atoms with E-state index in [1.807, 2.05) is 42.2 Å². The predicted molar refractivity (Wildman–Crippen MR) is 86.3 cm³/mol. The van der Waals surface area contributed by atoms with Crippen molar-refractivity contribution in [1.29, 1.82) is 0 Å². The summed E-state index contributed by atoms with van der Waals surface area (Å²) in [5.74, 6) is 0.0515. The van der Waals surface area contributed by atoms with Gasteiger partial charge in [-0.05, 0) is 25.5 Å². The Balaban J connectivity index is 2.41. The van der Waals surface area contributed by atoms with Crippen molar-refractivity contribution in [3.63, 3.8) is 0 Å². The molecular formula is C17H23N3O. The van der Waals surface area contributed by atoms with Crippen LogP contribution in [0.1, 0.15) is 35.8 Å². The SMILES string of the molecule is CCCCN(CCN)C(=O)c1cc(C)nc2ccccc12. The zero-order chi connectivity index (χ0) is 15.2. The summed E-state index contributed by atoms with van der Waals surface area (Å²) in [4.78, 5) is 19.2. The van der Waals surface area contributed by atoms with Gasteiger partial charge in [-0.3, -0.25) is 9.78 Å². The minimum atomic E-state index is 0.0515. The fourth-order valence-corrected chi connectivity index (χ4v) is 2.47. The van der Waals surface area contributed by atoms with Crippen molar-refractivity contribution >= 4 is 16.8 Å². The predicted octanol–water partition coefficient (Wildman–Crippen LogP) is 2.74. The Morgan fingerprint density at radius 1 is 1.29 bits per heavy atom. The molecule has 1 heterocycles. The van der Waals surface area contributed by atoms with Gasteiger partial charge >= 0.3 is 0 Å². The highest BCUT2D eigenvalue weighted by atomic mass is 16.2. The van der Waals surface area contributed by atoms with E-state index in [4.69, 9.17) is 5.73 Å². The third-order valence-corrected chi connectivity index (χ3v) is 3.54. The fraction of sp³-hybridized carbons (Fsp3) is 0.412. The first kappa shape index (κ1) is 15.4. The van der Waals surface area contributed by atoms with E-state index in [1.165, 1.54) is 0 Å². The van der Waals surface area contributed by atoms with Crippen molar-refractivity contribution < 1.29 is 4.79 Å². The molecule has 0 aliphatic carbocycles. The number of aryl methyl sites for hydroxylation is 1. The number of carbonyl (C=O) groups excluding carboxylic acids is 1. The minimum Gasteiger partial charge on any atom is -0.337 e. The number of hydrogen-bond donors (Lipinski definition) is 1. The van der Waals surface area contributed by atoms with Gasteiger partial charge in [-0.25, -0.2) is 0 Å². The van der Waals surface area contributed by atoms with Crippen LogP contribution in [0.15, 0.2) is 30.3 Å². The van der Waals surface area contributed by atoms with Gasteiger partial charge < -0.3 is 10.6 Å². The van der Waals surface area contributed by atoms with E-state index >= 15 is 0 Å². The number of pyridine rings is 1. The average Bonchev–Trinajstić information content (AvgIpc) is 2.50. The molecular weight excluding hydrogens is 262 g/mol. The summed E-state index contributed by atoms with van der Waals surface area (Å²) in [6.07, 6.45) is 2.05. The second-order valence-electron chi connectivity index (χ2n) is 5.26. The number of benzene rings is 1. The monoisotopic (exact) mass is 285 g/mol. The maximum Gasteiger partial charge on any atom is 0.254 e. The molecule has 2 aromatic rings. The molecule has 0 fully saturated rings. The largest absolute Gasteiger partial charge is 0.337 e. The van der Waals surface area contributed by atoms with Crippen molar-refractivity contribution in [2.45, 2.75) is 26.7 Å². The second kappa shape index (κ2) is 7.18. The number of amides is 1. The molecule has 1 aromatic heterocycles. The summed E-state index contributed by atoms with van der Waals surface area (Å²) in [5.41, 5.74) is 8.10. The van der Waals surface area contributed by atoms with Crippen molar-refractivity contribution in [2.24, 2.45) is 5.73 Å². The lowest BCUT2D eigenvalue weighted by Crippen LogP contribution is -2.36. The summed E-state index contributed by atoms with van der Waals surface area (Å²) < 4.78 is 0. The zero-order valence-electron chi connectivity index (χ0n) is 12.8. The number of rotatable bonds is 6. The number of para-hydroxylation sites is 1. The maximum absolute atomic E-state index is 12.8. The quantitative estimate of drug-likeness (QED) is 0.887. The Morgan fingerprint density at radius 3 is 2.76 bits per heavy atom. The molecule has 0 spiro atoms. The van der Waals surface area contributed by atoms with Gasteiger partial charge in [0.1, 0.15) is 0 Å². The van der Waals surface area contributed by atoms with Crippen LogP contribution in [0.4, 0.5) is 0 Å². The summed E-state index contributed by atoms with van der Waals surface area (Å²) in [6, 6.07) is 9.65. The van der Waals surface area contributed by atoms with E-state index in [0.29, 0.717) is 13.1 Å². The number of hydrogen-bond acceptors (Lipinski definition) is 3. The third-order valence-electron chi connectivity index (χ3n) is 3.54. The van der Waals surface area contributed by atoms with Gasteiger partial charge in [0.15, 0.2) is 0 Å². The second-order valence-corrected chi connectivity index (χ2v) is 5.26. The Labute approximate surface area is 126 Å². The summed E-state index contributed by atoms with van der Waals surface area (Å²) >= 11 is 0. The minimum absolute atomic E-state index is 0.0515. The van der Waals surface area contributed by atoms with Crippen LogP contribution in [-0.4, -0.2) is 35.4 Å². The number of carbonyl (C=O) groups is 1. The summed E-state index contributed by atoms with van der Waals surface area (Å²) in [7, 11) is 0. The lowest BCUT2D eigenvalue weighted by molar-refractivity contribution is 0.0760. The van der Waals surface area contributed by atoms with E-state index in [1.54, 1.807) is 0 Å². The van der Waals surface area contributed by atoms with Gasteiger partial charge in [0.25, 0.3) is 5.91 Å². The molecule has 4 heteroatoms. The van der Waals surface area contributed by atoms with Crippen LogP contribution in [0, 0.1) is 6.92 Å². The van der Waals surface area contributed by atoms with E-state index in [9.17, 15) is 4.79 Å². The Hall–Kier alpha value is -1.94. The number of fused-ring (bicyclic) bond motifs is 1. The molecule has 0 saturated heterocycles. The molecule has 2 N–H and O–H groups in total. The molecule has 1 amide bonds. The van der Waals surface area contributed by atoms with Crippen molar-refractivity contribution in [1.82, 2.24) is 9.88 Å². The van der Waals surface area contributed by atoms with Crippen LogP contribution in [0.5, 0.6) is 0 Å². The van der Waals surface area contributed by atoms with Crippen molar-refractivity contribution in [2.75, 3.05) is 19.6 Å². The van der Waals surface area contributed by atoms with Crippen LogP contribution in [0.25, 0.3) is 10.9 Å². The van der Waals surface area contributed by atoms with E-state index in [-0.39, 0.29) is 5.91 Å². The van der Waals surface area contributed by atoms with Crippen LogP contribution in [-0.2, 0) is 0 Å². The average molecular weight is 285 g/mol. The maximum atomic E-state index is 12.8. The fourth-order valence-electron chi connectivity index (χ4n) is 2.47. The Bertz CT molecular complexity index is 624. The highest BCUT2D eigenvalue weighted by Gasteiger charge is 2.18. The number of nitrogens with two attached hydrogens (primary N) is 1. The summed E-state index contributed by atoms with van der Waals surface area (Å²) in [5, 5.41) is 0.909. The zero-order valence-corrected chi connectivity index (χ0v) is 12.8. The highest BCUT2D eigenvalue weighted by Crippen LogP contribution is 2.20. The van der Waals surface area contributed by atoms with Gasteiger partial charge in [-0.1, -0.05) is 31.5 Å². The third kappa shape index (κ3) is 3.58. The molecule has 1 aromatic carbocycles. The van der Waals surface area contributed by atoms with Gasteiger partial charge in [0.05, 0.1) is 11.1 Å². The first-order chi connectivity index (χ1) is 10.2. The van der Waals surface area contributed by atoms with Crippen LogP contribution < -0.4 is 5.73 Å². The molecule has 0 atom stereocenters. The van der Waals surface area contributed by atoms with Gasteiger partial charge in [0, 0.05) is 30.7 Å². The molecule has 0 bridgehead atoms. The molecule has 2 rings (SSSR count). The first-order valence-electron chi connectivity index (χ1n) is 7.53. The molecule has 0 radical (unpaired) electrons. The lowest BCUT2D eigenvalue weighted by atomic mass is 10.1. The Kier molecular flexibility index (Phi) is 5.28. The molecule has 0 saturated carbocycles. The number of aromatic nitrogens is 1. The van der Waals surface area contributed by atoms with E-state index in [2.05, 4.69) is 11.9 Å². The standard InChI is InChI=1S/C17H23N3O/c1-3-4-10-20(11-9-18)17(21)15-12-13(2)19-16-8-6-5-7-14(15)16/h5-8,12H,3-4,9-11,18H2,1-2H3. The molecule has 0 aliphatic rings. The first-order valence-corrected chi connectivity index (χ1v) is 7.53. The lowest BCUT2D eigenvalue weighted by Gasteiger charge is -2.22. The van der Waals surface area contributed by atoms with E-state index < -0.39 is 0 Å². The van der Waals surface area contributed by atoms with Gasteiger partial charge in [-0.15, -0.1) is 0 Å². The highest BCUT2D eigenvalue weighted by molar-refractivity contribution is 6.06. The van der Waals surface area contributed by atoms with Crippen LogP contribution >= 0.6 is 0 Å². The summed E-state index contributed by atoms with van der Waals surface area (Å²) in [6.45, 7) is 5.87. The number of nitrogens with zero attached hydrogens (tertiary/aromatic N) is 2. The number of unbranched alkanes of at least 4 members (excludes halogenated alkanes) is 1. The molecule has 4 nitrogen and oxygen atoms in total. The van der Waals surface area contributed by atoms with E-state index in [0.717, 1.165) is 41.5 Å². The van der Waals surface area contributed by atoms with Gasteiger partial charge in [0.2, 0.25) is 0 Å². The van der Waals surface area contributed by atoms with Crippen LogP contribution in [0.3, 0.4) is 0 Å². The normalized spacial score (nSPS) is 10.8.